The SMILES string of the molecule is Cc1ccc(Cn2ccsc2=NC(=O)CCN2C(=O)[C@H]3CCCC[C@H]3C2=O)cc1. The highest BCUT2D eigenvalue weighted by Gasteiger charge is 2.47. The minimum absolute atomic E-state index is 0.0688. The summed E-state index contributed by atoms with van der Waals surface area (Å²) in [5.41, 5.74) is 2.34. The highest BCUT2D eigenvalue weighted by Crippen LogP contribution is 2.37. The van der Waals surface area contributed by atoms with Crippen LogP contribution in [0.4, 0.5) is 0 Å². The van der Waals surface area contributed by atoms with Crippen molar-refractivity contribution in [3.05, 3.63) is 51.8 Å². The summed E-state index contributed by atoms with van der Waals surface area (Å²) in [6.07, 6.45) is 5.56. The van der Waals surface area contributed by atoms with E-state index in [4.69, 9.17) is 0 Å². The molecule has 0 N–H and O–H groups in total. The minimum Gasteiger partial charge on any atom is -0.319 e. The second-order valence-electron chi connectivity index (χ2n) is 7.88. The third kappa shape index (κ3) is 4.24. The number of nitrogens with zero attached hydrogens (tertiary/aromatic N) is 3. The molecule has 4 rings (SSSR count). The molecule has 1 saturated carbocycles. The predicted octanol–water partition coefficient (Wildman–Crippen LogP) is 2.90. The lowest BCUT2D eigenvalue weighted by Crippen LogP contribution is -2.33. The van der Waals surface area contributed by atoms with Crippen LogP contribution in [-0.4, -0.2) is 33.7 Å². The number of likely N-dealkylation sites (tertiary alicyclic amines) is 1. The average molecular weight is 412 g/mol. The number of hydrogen-bond donors (Lipinski definition) is 0. The van der Waals surface area contributed by atoms with Crippen molar-refractivity contribution in [3.63, 3.8) is 0 Å². The molecule has 2 aliphatic rings. The van der Waals surface area contributed by atoms with Gasteiger partial charge in [-0.3, -0.25) is 19.3 Å². The lowest BCUT2D eigenvalue weighted by atomic mass is 9.81. The van der Waals surface area contributed by atoms with Gasteiger partial charge in [0.05, 0.1) is 11.8 Å². The molecule has 7 heteroatoms. The number of aryl methyl sites for hydroxylation is 1. The maximum atomic E-state index is 12.5. The van der Waals surface area contributed by atoms with Crippen molar-refractivity contribution >= 4 is 29.1 Å². The molecule has 0 unspecified atom stereocenters. The standard InChI is InChI=1S/C22H25N3O3S/c1-15-6-8-16(9-7-15)14-24-12-13-29-22(24)23-19(26)10-11-25-20(27)17-4-2-3-5-18(17)21(25)28/h6-9,12-13,17-18H,2-5,10-11,14H2,1H3/t17-,18+. The Bertz CT molecular complexity index is 965. The van der Waals surface area contributed by atoms with E-state index in [-0.39, 0.29) is 42.5 Å². The van der Waals surface area contributed by atoms with Crippen LogP contribution >= 0.6 is 11.3 Å². The smallest absolute Gasteiger partial charge is 0.250 e. The summed E-state index contributed by atoms with van der Waals surface area (Å²) < 4.78 is 1.94. The van der Waals surface area contributed by atoms with E-state index in [0.717, 1.165) is 31.2 Å². The number of fused-ring (bicyclic) bond motifs is 1. The average Bonchev–Trinajstić information content (AvgIpc) is 3.25. The Balaban J connectivity index is 1.40. The van der Waals surface area contributed by atoms with Crippen molar-refractivity contribution in [3.8, 4) is 0 Å². The van der Waals surface area contributed by atoms with Crippen LogP contribution in [0.2, 0.25) is 0 Å². The molecule has 3 amide bonds. The maximum absolute atomic E-state index is 12.5. The second kappa shape index (κ2) is 8.45. The van der Waals surface area contributed by atoms with Gasteiger partial charge in [-0.25, -0.2) is 0 Å². The van der Waals surface area contributed by atoms with Crippen molar-refractivity contribution < 1.29 is 14.4 Å². The molecule has 1 aromatic carbocycles. The first-order valence-electron chi connectivity index (χ1n) is 10.1. The van der Waals surface area contributed by atoms with Gasteiger partial charge < -0.3 is 4.57 Å². The van der Waals surface area contributed by atoms with Gasteiger partial charge in [-0.2, -0.15) is 4.99 Å². The number of carbonyl (C=O) groups is 3. The van der Waals surface area contributed by atoms with Crippen molar-refractivity contribution in [2.24, 2.45) is 16.8 Å². The van der Waals surface area contributed by atoms with Gasteiger partial charge in [0.15, 0.2) is 4.80 Å². The topological polar surface area (TPSA) is 71.7 Å². The van der Waals surface area contributed by atoms with Crippen molar-refractivity contribution in [1.82, 2.24) is 9.47 Å². The summed E-state index contributed by atoms with van der Waals surface area (Å²) in [6.45, 7) is 2.82. The van der Waals surface area contributed by atoms with Crippen LogP contribution in [0.5, 0.6) is 0 Å². The Morgan fingerprint density at radius 1 is 1.10 bits per heavy atom. The summed E-state index contributed by atoms with van der Waals surface area (Å²) >= 11 is 1.40. The van der Waals surface area contributed by atoms with Crippen molar-refractivity contribution in [2.45, 2.75) is 45.6 Å². The van der Waals surface area contributed by atoms with Gasteiger partial charge in [0.25, 0.3) is 0 Å². The van der Waals surface area contributed by atoms with Crippen LogP contribution in [0.3, 0.4) is 0 Å². The van der Waals surface area contributed by atoms with Crippen LogP contribution in [0.1, 0.15) is 43.2 Å². The number of imide groups is 1. The number of rotatable bonds is 5. The third-order valence-electron chi connectivity index (χ3n) is 5.84. The molecule has 152 valence electrons. The summed E-state index contributed by atoms with van der Waals surface area (Å²) in [5.74, 6) is -0.841. The van der Waals surface area contributed by atoms with Crippen molar-refractivity contribution in [1.29, 1.82) is 0 Å². The van der Waals surface area contributed by atoms with E-state index in [1.54, 1.807) is 0 Å². The van der Waals surface area contributed by atoms with Gasteiger partial charge in [0.1, 0.15) is 0 Å². The molecule has 1 aliphatic heterocycles. The normalized spacial score (nSPS) is 22.2. The molecular formula is C22H25N3O3S. The van der Waals surface area contributed by atoms with E-state index in [0.29, 0.717) is 11.3 Å². The van der Waals surface area contributed by atoms with Gasteiger partial charge in [0, 0.05) is 31.1 Å². The molecular weight excluding hydrogens is 386 g/mol. The summed E-state index contributed by atoms with van der Waals surface area (Å²) in [4.78, 5) is 43.6. The number of carbonyl (C=O) groups excluding carboxylic acids is 3. The second-order valence-corrected chi connectivity index (χ2v) is 8.75. The molecule has 29 heavy (non-hydrogen) atoms. The maximum Gasteiger partial charge on any atom is 0.250 e. The molecule has 2 aromatic rings. The minimum atomic E-state index is -0.305. The number of amides is 3. The Morgan fingerprint density at radius 3 is 2.41 bits per heavy atom. The molecule has 1 aliphatic carbocycles. The summed E-state index contributed by atoms with van der Waals surface area (Å²) in [6, 6.07) is 8.25. The molecule has 0 bridgehead atoms. The zero-order valence-electron chi connectivity index (χ0n) is 16.5. The Labute approximate surface area is 173 Å². The molecule has 2 atom stereocenters. The lowest BCUT2D eigenvalue weighted by Gasteiger charge is -2.19. The molecule has 2 heterocycles. The van der Waals surface area contributed by atoms with Gasteiger partial charge in [-0.05, 0) is 25.3 Å². The fourth-order valence-electron chi connectivity index (χ4n) is 4.22. The van der Waals surface area contributed by atoms with E-state index < -0.39 is 0 Å². The van der Waals surface area contributed by atoms with Crippen molar-refractivity contribution in [2.75, 3.05) is 6.54 Å². The third-order valence-corrected chi connectivity index (χ3v) is 6.63. The number of thiazole rings is 1. The zero-order chi connectivity index (χ0) is 20.4. The van der Waals surface area contributed by atoms with Gasteiger partial charge >= 0.3 is 0 Å². The highest BCUT2D eigenvalue weighted by atomic mass is 32.1. The monoisotopic (exact) mass is 411 g/mol. The Morgan fingerprint density at radius 2 is 1.76 bits per heavy atom. The Kier molecular flexibility index (Phi) is 5.76. The lowest BCUT2D eigenvalue weighted by molar-refractivity contribution is -0.140. The van der Waals surface area contributed by atoms with Crippen LogP contribution in [-0.2, 0) is 20.9 Å². The summed E-state index contributed by atoms with van der Waals surface area (Å²) in [5, 5.41) is 1.90. The Hall–Kier alpha value is -2.54. The highest BCUT2D eigenvalue weighted by molar-refractivity contribution is 7.07. The molecule has 6 nitrogen and oxygen atoms in total. The van der Waals surface area contributed by atoms with E-state index in [1.807, 2.05) is 23.1 Å². The van der Waals surface area contributed by atoms with E-state index >= 15 is 0 Å². The molecule has 0 radical (unpaired) electrons. The van der Waals surface area contributed by atoms with Crippen LogP contribution in [0.15, 0.2) is 40.8 Å². The van der Waals surface area contributed by atoms with Crippen LogP contribution < -0.4 is 4.80 Å². The zero-order valence-corrected chi connectivity index (χ0v) is 17.4. The molecule has 1 saturated heterocycles. The van der Waals surface area contributed by atoms with E-state index in [9.17, 15) is 14.4 Å². The van der Waals surface area contributed by atoms with Gasteiger partial charge in [-0.1, -0.05) is 42.7 Å². The molecule has 2 fully saturated rings. The first kappa shape index (κ1) is 19.8. The van der Waals surface area contributed by atoms with Gasteiger partial charge in [-0.15, -0.1) is 11.3 Å². The fraction of sp³-hybridized carbons (Fsp3) is 0.455. The van der Waals surface area contributed by atoms with Crippen LogP contribution in [0, 0.1) is 18.8 Å². The first-order chi connectivity index (χ1) is 14.0. The number of benzene rings is 1. The summed E-state index contributed by atoms with van der Waals surface area (Å²) in [7, 11) is 0. The predicted molar refractivity (Wildman–Crippen MR) is 110 cm³/mol. The fourth-order valence-corrected chi connectivity index (χ4v) is 4.96. The quantitative estimate of drug-likeness (QED) is 0.710. The van der Waals surface area contributed by atoms with Crippen LogP contribution in [0.25, 0.3) is 0 Å². The molecule has 0 spiro atoms. The van der Waals surface area contributed by atoms with E-state index in [1.165, 1.54) is 21.8 Å². The van der Waals surface area contributed by atoms with E-state index in [2.05, 4.69) is 29.3 Å². The number of hydrogen-bond acceptors (Lipinski definition) is 4. The molecule has 1 aromatic heterocycles. The number of aromatic nitrogens is 1. The first-order valence-corrected chi connectivity index (χ1v) is 11.0. The van der Waals surface area contributed by atoms with Gasteiger partial charge in [0.2, 0.25) is 17.7 Å². The largest absolute Gasteiger partial charge is 0.319 e.